The zero-order chi connectivity index (χ0) is 17.9. The van der Waals surface area contributed by atoms with E-state index in [1.165, 1.54) is 13.8 Å². The van der Waals surface area contributed by atoms with Gasteiger partial charge in [0.1, 0.15) is 0 Å². The second kappa shape index (κ2) is 10.4. The Bertz CT molecular complexity index is 572. The quantitative estimate of drug-likeness (QED) is 0.682. The molecule has 0 aromatic heterocycles. The second-order valence-electron chi connectivity index (χ2n) is 5.77. The third-order valence-electron chi connectivity index (χ3n) is 3.55. The maximum Gasteiger partial charge on any atom is 0.226 e. The number of anilines is 2. The molecule has 0 aliphatic carbocycles. The highest BCUT2D eigenvalue weighted by atomic mass is 16.2. The van der Waals surface area contributed by atoms with Crippen LogP contribution in [-0.4, -0.2) is 35.7 Å². The van der Waals surface area contributed by atoms with E-state index < -0.39 is 0 Å². The normalized spacial score (nSPS) is 10.1. The molecule has 0 aliphatic heterocycles. The summed E-state index contributed by atoms with van der Waals surface area (Å²) in [6.45, 7) is 6.17. The van der Waals surface area contributed by atoms with Crippen molar-refractivity contribution >= 4 is 29.1 Å². The minimum atomic E-state index is -0.164. The summed E-state index contributed by atoms with van der Waals surface area (Å²) in [5.41, 5.74) is 1.25. The SMILES string of the molecule is CCCCCN(CCC(=O)Nc1cccc(NC(C)=O)c1)C(C)=O. The van der Waals surface area contributed by atoms with Crippen LogP contribution in [0.25, 0.3) is 0 Å². The molecule has 0 fully saturated rings. The Kier molecular flexibility index (Phi) is 8.54. The fraction of sp³-hybridized carbons (Fsp3) is 0.500. The predicted octanol–water partition coefficient (Wildman–Crippen LogP) is 3.01. The van der Waals surface area contributed by atoms with Crippen molar-refractivity contribution in [2.75, 3.05) is 23.7 Å². The van der Waals surface area contributed by atoms with Gasteiger partial charge >= 0.3 is 0 Å². The van der Waals surface area contributed by atoms with Gasteiger partial charge in [-0.3, -0.25) is 14.4 Å². The molecule has 6 nitrogen and oxygen atoms in total. The number of hydrogen-bond donors (Lipinski definition) is 2. The molecule has 6 heteroatoms. The molecular weight excluding hydrogens is 306 g/mol. The van der Waals surface area contributed by atoms with Gasteiger partial charge < -0.3 is 15.5 Å². The zero-order valence-corrected chi connectivity index (χ0v) is 14.7. The van der Waals surface area contributed by atoms with E-state index in [-0.39, 0.29) is 24.1 Å². The van der Waals surface area contributed by atoms with E-state index >= 15 is 0 Å². The number of carbonyl (C=O) groups excluding carboxylic acids is 3. The van der Waals surface area contributed by atoms with Crippen molar-refractivity contribution < 1.29 is 14.4 Å². The van der Waals surface area contributed by atoms with Crippen molar-refractivity contribution in [1.82, 2.24) is 4.90 Å². The lowest BCUT2D eigenvalue weighted by atomic mass is 10.2. The Morgan fingerprint density at radius 3 is 2.25 bits per heavy atom. The van der Waals surface area contributed by atoms with Gasteiger partial charge in [-0.05, 0) is 24.6 Å². The number of amides is 3. The average Bonchev–Trinajstić information content (AvgIpc) is 2.50. The van der Waals surface area contributed by atoms with E-state index in [2.05, 4.69) is 17.6 Å². The van der Waals surface area contributed by atoms with Crippen LogP contribution in [0.1, 0.15) is 46.5 Å². The first-order valence-corrected chi connectivity index (χ1v) is 8.35. The number of rotatable bonds is 9. The van der Waals surface area contributed by atoms with Gasteiger partial charge in [-0.1, -0.05) is 25.8 Å². The summed E-state index contributed by atoms with van der Waals surface area (Å²) in [4.78, 5) is 36.4. The topological polar surface area (TPSA) is 78.5 Å². The van der Waals surface area contributed by atoms with E-state index in [1.807, 2.05) is 0 Å². The maximum absolute atomic E-state index is 12.1. The first-order chi connectivity index (χ1) is 11.4. The van der Waals surface area contributed by atoms with Crippen LogP contribution in [0.5, 0.6) is 0 Å². The van der Waals surface area contributed by atoms with Gasteiger partial charge in [0.25, 0.3) is 0 Å². The molecule has 0 saturated carbocycles. The molecule has 0 unspecified atom stereocenters. The molecule has 132 valence electrons. The highest BCUT2D eigenvalue weighted by molar-refractivity contribution is 5.93. The number of carbonyl (C=O) groups is 3. The lowest BCUT2D eigenvalue weighted by molar-refractivity contribution is -0.129. The molecule has 2 N–H and O–H groups in total. The number of unbranched alkanes of at least 4 members (excludes halogenated alkanes) is 2. The predicted molar refractivity (Wildman–Crippen MR) is 95.8 cm³/mol. The van der Waals surface area contributed by atoms with Crippen molar-refractivity contribution in [1.29, 1.82) is 0 Å². The molecule has 1 aromatic rings. The Morgan fingerprint density at radius 2 is 1.67 bits per heavy atom. The van der Waals surface area contributed by atoms with E-state index in [0.717, 1.165) is 19.3 Å². The standard InChI is InChI=1S/C18H27N3O3/c1-4-5-6-11-21(15(3)23)12-10-18(24)20-17-9-7-8-16(13-17)19-14(2)22/h7-9,13H,4-6,10-12H2,1-3H3,(H,19,22)(H,20,24). The number of benzene rings is 1. The van der Waals surface area contributed by atoms with Crippen LogP contribution >= 0.6 is 0 Å². The fourth-order valence-electron chi connectivity index (χ4n) is 2.32. The van der Waals surface area contributed by atoms with Crippen molar-refractivity contribution in [2.24, 2.45) is 0 Å². The molecular formula is C18H27N3O3. The number of nitrogens with zero attached hydrogens (tertiary/aromatic N) is 1. The van der Waals surface area contributed by atoms with Crippen LogP contribution in [0, 0.1) is 0 Å². The van der Waals surface area contributed by atoms with Crippen molar-refractivity contribution in [3.63, 3.8) is 0 Å². The van der Waals surface area contributed by atoms with Gasteiger partial charge in [-0.2, -0.15) is 0 Å². The van der Waals surface area contributed by atoms with Gasteiger partial charge in [0.2, 0.25) is 17.7 Å². The van der Waals surface area contributed by atoms with Crippen LogP contribution in [0.15, 0.2) is 24.3 Å². The monoisotopic (exact) mass is 333 g/mol. The van der Waals surface area contributed by atoms with Gasteiger partial charge in [0, 0.05) is 44.7 Å². The lowest BCUT2D eigenvalue weighted by Crippen LogP contribution is -2.32. The first-order valence-electron chi connectivity index (χ1n) is 8.35. The Morgan fingerprint density at radius 1 is 1.00 bits per heavy atom. The molecule has 3 amide bonds. The molecule has 0 aliphatic rings. The lowest BCUT2D eigenvalue weighted by Gasteiger charge is -2.20. The number of hydrogen-bond acceptors (Lipinski definition) is 3. The van der Waals surface area contributed by atoms with Crippen molar-refractivity contribution in [3.8, 4) is 0 Å². The summed E-state index contributed by atoms with van der Waals surface area (Å²) in [5, 5.41) is 5.46. The Hall–Kier alpha value is -2.37. The van der Waals surface area contributed by atoms with Crippen LogP contribution in [0.2, 0.25) is 0 Å². The van der Waals surface area contributed by atoms with Crippen LogP contribution < -0.4 is 10.6 Å². The van der Waals surface area contributed by atoms with Crippen LogP contribution in [0.3, 0.4) is 0 Å². The molecule has 0 heterocycles. The van der Waals surface area contributed by atoms with E-state index in [1.54, 1.807) is 29.2 Å². The molecule has 0 bridgehead atoms. The average molecular weight is 333 g/mol. The largest absolute Gasteiger partial charge is 0.342 e. The van der Waals surface area contributed by atoms with E-state index in [9.17, 15) is 14.4 Å². The smallest absolute Gasteiger partial charge is 0.226 e. The van der Waals surface area contributed by atoms with Crippen LogP contribution in [0.4, 0.5) is 11.4 Å². The summed E-state index contributed by atoms with van der Waals surface area (Å²) in [5.74, 6) is -0.328. The maximum atomic E-state index is 12.1. The summed E-state index contributed by atoms with van der Waals surface area (Å²) in [7, 11) is 0. The third-order valence-corrected chi connectivity index (χ3v) is 3.55. The van der Waals surface area contributed by atoms with Gasteiger partial charge in [0.15, 0.2) is 0 Å². The molecule has 24 heavy (non-hydrogen) atoms. The molecule has 0 atom stereocenters. The summed E-state index contributed by atoms with van der Waals surface area (Å²) >= 11 is 0. The zero-order valence-electron chi connectivity index (χ0n) is 14.7. The number of nitrogens with one attached hydrogen (secondary N) is 2. The van der Waals surface area contributed by atoms with Crippen molar-refractivity contribution in [3.05, 3.63) is 24.3 Å². The summed E-state index contributed by atoms with van der Waals surface area (Å²) in [6.07, 6.45) is 3.37. The first kappa shape index (κ1) is 19.7. The Balaban J connectivity index is 2.49. The summed E-state index contributed by atoms with van der Waals surface area (Å²) in [6, 6.07) is 6.96. The second-order valence-corrected chi connectivity index (χ2v) is 5.77. The molecule has 0 saturated heterocycles. The van der Waals surface area contributed by atoms with Gasteiger partial charge in [-0.25, -0.2) is 0 Å². The summed E-state index contributed by atoms with van der Waals surface area (Å²) < 4.78 is 0. The van der Waals surface area contributed by atoms with Gasteiger partial charge in [0.05, 0.1) is 0 Å². The highest BCUT2D eigenvalue weighted by Crippen LogP contribution is 2.15. The molecule has 0 spiro atoms. The third kappa shape index (κ3) is 7.76. The highest BCUT2D eigenvalue weighted by Gasteiger charge is 2.11. The van der Waals surface area contributed by atoms with Crippen LogP contribution in [-0.2, 0) is 14.4 Å². The molecule has 1 aromatic carbocycles. The van der Waals surface area contributed by atoms with E-state index in [0.29, 0.717) is 24.5 Å². The minimum Gasteiger partial charge on any atom is -0.342 e. The van der Waals surface area contributed by atoms with Gasteiger partial charge in [-0.15, -0.1) is 0 Å². The Labute approximate surface area is 143 Å². The molecule has 1 rings (SSSR count). The minimum absolute atomic E-state index is 0.00782. The molecule has 0 radical (unpaired) electrons. The fourth-order valence-corrected chi connectivity index (χ4v) is 2.32. The van der Waals surface area contributed by atoms with E-state index in [4.69, 9.17) is 0 Å². The van der Waals surface area contributed by atoms with Crippen molar-refractivity contribution in [2.45, 2.75) is 46.5 Å².